The van der Waals surface area contributed by atoms with Crippen LogP contribution >= 0.6 is 0 Å². The fourth-order valence-corrected chi connectivity index (χ4v) is 4.70. The van der Waals surface area contributed by atoms with Gasteiger partial charge in [-0.3, -0.25) is 4.90 Å². The largest absolute Gasteiger partial charge is 0.494 e. The SMILES string of the molecule is COc1cc2nc(C)cn2cc1NC(=O)N1CCc2c(N3CCNC(C)(C)C3)ccnc21. The number of methoxy groups -OCH3 is 1. The van der Waals surface area contributed by atoms with Crippen LogP contribution < -0.4 is 25.2 Å². The molecule has 2 amide bonds. The molecule has 0 atom stereocenters. The molecular weight excluding hydrogens is 406 g/mol. The lowest BCUT2D eigenvalue weighted by Gasteiger charge is -2.41. The van der Waals surface area contributed by atoms with Crippen molar-refractivity contribution in [1.29, 1.82) is 0 Å². The highest BCUT2D eigenvalue weighted by Gasteiger charge is 2.32. The molecule has 2 aliphatic heterocycles. The van der Waals surface area contributed by atoms with Crippen molar-refractivity contribution in [3.8, 4) is 5.75 Å². The summed E-state index contributed by atoms with van der Waals surface area (Å²) in [5, 5.41) is 6.56. The van der Waals surface area contributed by atoms with Gasteiger partial charge in [-0.25, -0.2) is 14.8 Å². The molecule has 5 rings (SSSR count). The highest BCUT2D eigenvalue weighted by Crippen LogP contribution is 2.35. The van der Waals surface area contributed by atoms with Crippen molar-refractivity contribution < 1.29 is 9.53 Å². The number of fused-ring (bicyclic) bond motifs is 2. The number of carbonyl (C=O) groups excluding carboxylic acids is 1. The summed E-state index contributed by atoms with van der Waals surface area (Å²) in [6.07, 6.45) is 6.33. The van der Waals surface area contributed by atoms with Gasteiger partial charge in [-0.1, -0.05) is 0 Å². The van der Waals surface area contributed by atoms with Crippen molar-refractivity contribution in [2.45, 2.75) is 32.7 Å². The van der Waals surface area contributed by atoms with Gasteiger partial charge in [-0.15, -0.1) is 0 Å². The fourth-order valence-electron chi connectivity index (χ4n) is 4.70. The van der Waals surface area contributed by atoms with E-state index >= 15 is 0 Å². The molecule has 1 fully saturated rings. The van der Waals surface area contributed by atoms with Gasteiger partial charge in [0.2, 0.25) is 0 Å². The van der Waals surface area contributed by atoms with E-state index in [1.807, 2.05) is 29.8 Å². The van der Waals surface area contributed by atoms with Crippen molar-refractivity contribution in [2.75, 3.05) is 48.4 Å². The molecule has 0 saturated carbocycles. The second-order valence-electron chi connectivity index (χ2n) is 9.10. The lowest BCUT2D eigenvalue weighted by Crippen LogP contribution is -2.57. The van der Waals surface area contributed by atoms with Crippen LogP contribution in [0.15, 0.2) is 30.7 Å². The van der Waals surface area contributed by atoms with E-state index in [0.717, 1.165) is 48.8 Å². The quantitative estimate of drug-likeness (QED) is 0.658. The molecule has 0 bridgehead atoms. The van der Waals surface area contributed by atoms with Crippen LogP contribution in [0.4, 0.5) is 22.0 Å². The molecule has 0 aromatic carbocycles. The number of hydrogen-bond donors (Lipinski definition) is 2. The molecule has 5 heterocycles. The van der Waals surface area contributed by atoms with Crippen LogP contribution in [0.5, 0.6) is 5.75 Å². The molecule has 9 nitrogen and oxygen atoms in total. The first-order valence-electron chi connectivity index (χ1n) is 10.9. The Bertz CT molecular complexity index is 1190. The van der Waals surface area contributed by atoms with Crippen molar-refractivity contribution in [1.82, 2.24) is 19.7 Å². The molecule has 3 aromatic rings. The summed E-state index contributed by atoms with van der Waals surface area (Å²) < 4.78 is 7.38. The van der Waals surface area contributed by atoms with E-state index in [1.165, 1.54) is 5.69 Å². The minimum atomic E-state index is -0.219. The highest BCUT2D eigenvalue weighted by atomic mass is 16.5. The number of pyridine rings is 2. The molecule has 3 aromatic heterocycles. The van der Waals surface area contributed by atoms with Gasteiger partial charge in [-0.05, 0) is 33.3 Å². The molecule has 2 aliphatic rings. The zero-order valence-electron chi connectivity index (χ0n) is 19.0. The third-order valence-corrected chi connectivity index (χ3v) is 6.14. The first-order chi connectivity index (χ1) is 15.3. The number of rotatable bonds is 3. The standard InChI is InChI=1S/C23H29N7O2/c1-15-12-29-13-17(19(32-4)11-20(29)26-15)27-22(31)30-9-6-16-18(5-7-24-21(16)30)28-10-8-25-23(2,3)14-28/h5,7,11-13,25H,6,8-10,14H2,1-4H3,(H,27,31). The maximum Gasteiger partial charge on any atom is 0.327 e. The lowest BCUT2D eigenvalue weighted by molar-refractivity contribution is 0.257. The van der Waals surface area contributed by atoms with Gasteiger partial charge < -0.3 is 24.7 Å². The van der Waals surface area contributed by atoms with Gasteiger partial charge in [0.1, 0.15) is 22.9 Å². The van der Waals surface area contributed by atoms with E-state index in [4.69, 9.17) is 4.74 Å². The number of imidazole rings is 1. The van der Waals surface area contributed by atoms with Gasteiger partial charge >= 0.3 is 6.03 Å². The summed E-state index contributed by atoms with van der Waals surface area (Å²) in [5.41, 5.74) is 4.62. The predicted molar refractivity (Wildman–Crippen MR) is 125 cm³/mol. The number of urea groups is 1. The lowest BCUT2D eigenvalue weighted by atomic mass is 10.0. The average molecular weight is 436 g/mol. The Labute approximate surface area is 187 Å². The van der Waals surface area contributed by atoms with Crippen LogP contribution in [0, 0.1) is 6.92 Å². The number of aryl methyl sites for hydroxylation is 1. The minimum Gasteiger partial charge on any atom is -0.494 e. The van der Waals surface area contributed by atoms with Gasteiger partial charge in [0.05, 0.1) is 12.8 Å². The Morgan fingerprint density at radius 2 is 2.12 bits per heavy atom. The minimum absolute atomic E-state index is 0.0466. The number of nitrogens with zero attached hydrogens (tertiary/aromatic N) is 5. The van der Waals surface area contributed by atoms with Crippen LogP contribution in [0.3, 0.4) is 0 Å². The first kappa shape index (κ1) is 20.6. The Morgan fingerprint density at radius 1 is 1.28 bits per heavy atom. The summed E-state index contributed by atoms with van der Waals surface area (Å²) in [5.74, 6) is 1.30. The van der Waals surface area contributed by atoms with Crippen molar-refractivity contribution in [3.05, 3.63) is 42.0 Å². The number of amides is 2. The van der Waals surface area contributed by atoms with Gasteiger partial charge in [-0.2, -0.15) is 0 Å². The Hall–Kier alpha value is -3.33. The summed E-state index contributed by atoms with van der Waals surface area (Å²) in [6.45, 7) is 9.74. The summed E-state index contributed by atoms with van der Waals surface area (Å²) in [4.78, 5) is 26.4. The summed E-state index contributed by atoms with van der Waals surface area (Å²) in [6, 6.07) is 3.67. The predicted octanol–water partition coefficient (Wildman–Crippen LogP) is 2.83. The molecule has 2 N–H and O–H groups in total. The number of hydrogen-bond acceptors (Lipinski definition) is 6. The average Bonchev–Trinajstić information content (AvgIpc) is 3.34. The summed E-state index contributed by atoms with van der Waals surface area (Å²) >= 11 is 0. The monoisotopic (exact) mass is 435 g/mol. The Kier molecular flexibility index (Phi) is 4.93. The number of nitrogens with one attached hydrogen (secondary N) is 2. The van der Waals surface area contributed by atoms with E-state index < -0.39 is 0 Å². The topological polar surface area (TPSA) is 87.0 Å². The second kappa shape index (κ2) is 7.67. The van der Waals surface area contributed by atoms with Crippen molar-refractivity contribution in [3.63, 3.8) is 0 Å². The van der Waals surface area contributed by atoms with Crippen molar-refractivity contribution >= 4 is 28.9 Å². The van der Waals surface area contributed by atoms with Gasteiger partial charge in [0.25, 0.3) is 0 Å². The molecule has 0 radical (unpaired) electrons. The van der Waals surface area contributed by atoms with Gasteiger partial charge in [0.15, 0.2) is 0 Å². The van der Waals surface area contributed by atoms with Crippen LogP contribution in [-0.2, 0) is 6.42 Å². The van der Waals surface area contributed by atoms with Gasteiger partial charge in [0, 0.05) is 67.6 Å². The second-order valence-corrected chi connectivity index (χ2v) is 9.10. The van der Waals surface area contributed by atoms with Crippen LogP contribution in [0.25, 0.3) is 5.65 Å². The molecule has 1 saturated heterocycles. The maximum absolute atomic E-state index is 13.2. The zero-order valence-corrected chi connectivity index (χ0v) is 19.0. The molecular formula is C23H29N7O2. The normalized spacial score (nSPS) is 17.5. The van der Waals surface area contributed by atoms with E-state index in [1.54, 1.807) is 18.2 Å². The van der Waals surface area contributed by atoms with Crippen molar-refractivity contribution in [2.24, 2.45) is 0 Å². The highest BCUT2D eigenvalue weighted by molar-refractivity contribution is 6.03. The Balaban J connectivity index is 1.41. The molecule has 0 spiro atoms. The van der Waals surface area contributed by atoms with Crippen LogP contribution in [0.2, 0.25) is 0 Å². The first-order valence-corrected chi connectivity index (χ1v) is 10.9. The number of aromatic nitrogens is 3. The Morgan fingerprint density at radius 3 is 2.91 bits per heavy atom. The van der Waals surface area contributed by atoms with E-state index in [-0.39, 0.29) is 11.6 Å². The zero-order chi connectivity index (χ0) is 22.5. The number of ether oxygens (including phenoxy) is 1. The maximum atomic E-state index is 13.2. The third-order valence-electron chi connectivity index (χ3n) is 6.14. The molecule has 9 heteroatoms. The summed E-state index contributed by atoms with van der Waals surface area (Å²) in [7, 11) is 1.59. The number of carbonyl (C=O) groups is 1. The molecule has 0 unspecified atom stereocenters. The van der Waals surface area contributed by atoms with E-state index in [0.29, 0.717) is 18.0 Å². The number of piperazine rings is 1. The smallest absolute Gasteiger partial charge is 0.327 e. The van der Waals surface area contributed by atoms with E-state index in [9.17, 15) is 4.79 Å². The van der Waals surface area contributed by atoms with Crippen LogP contribution in [-0.4, -0.2) is 59.2 Å². The fraction of sp³-hybridized carbons (Fsp3) is 0.435. The molecule has 0 aliphatic carbocycles. The molecule has 32 heavy (non-hydrogen) atoms. The molecule has 168 valence electrons. The third kappa shape index (κ3) is 3.62. The van der Waals surface area contributed by atoms with E-state index in [2.05, 4.69) is 45.4 Å². The number of anilines is 3. The van der Waals surface area contributed by atoms with Crippen LogP contribution in [0.1, 0.15) is 25.1 Å².